The number of pyridine rings is 1. The second-order valence-corrected chi connectivity index (χ2v) is 8.04. The monoisotopic (exact) mass is 410 g/mol. The smallest absolute Gasteiger partial charge is 0.197 e. The zero-order valence-electron chi connectivity index (χ0n) is 15.3. The van der Waals surface area contributed by atoms with E-state index in [0.717, 1.165) is 30.6 Å². The van der Waals surface area contributed by atoms with Gasteiger partial charge in [0.1, 0.15) is 16.9 Å². The molecule has 0 bridgehead atoms. The quantitative estimate of drug-likeness (QED) is 0.611. The van der Waals surface area contributed by atoms with Crippen molar-refractivity contribution in [1.29, 1.82) is 5.26 Å². The zero-order chi connectivity index (χ0) is 19.3. The van der Waals surface area contributed by atoms with Gasteiger partial charge in [0, 0.05) is 0 Å². The highest BCUT2D eigenvalue weighted by Gasteiger charge is 2.19. The third kappa shape index (κ3) is 4.36. The highest BCUT2D eigenvalue weighted by atomic mass is 35.5. The summed E-state index contributed by atoms with van der Waals surface area (Å²) in [5, 5.41) is 19.9. The van der Waals surface area contributed by atoms with Crippen molar-refractivity contribution in [3.8, 4) is 6.07 Å². The van der Waals surface area contributed by atoms with E-state index in [4.69, 9.17) is 11.6 Å². The molecule has 0 aliphatic carbocycles. The second-order valence-electron chi connectivity index (χ2n) is 6.65. The van der Waals surface area contributed by atoms with E-state index in [0.29, 0.717) is 16.6 Å². The number of hydrogen-bond donors (Lipinski definition) is 0. The normalized spacial score (nSPS) is 14.3. The Bertz CT molecular complexity index is 992. The fourth-order valence-electron chi connectivity index (χ4n) is 3.23. The summed E-state index contributed by atoms with van der Waals surface area (Å²) in [6.45, 7) is 3.69. The molecule has 1 aromatic carbocycles. The van der Waals surface area contributed by atoms with Crippen molar-refractivity contribution >= 4 is 23.4 Å². The maximum absolute atomic E-state index is 9.18. The lowest BCUT2D eigenvalue weighted by Gasteiger charge is -2.16. The van der Waals surface area contributed by atoms with Gasteiger partial charge in [-0.25, -0.2) is 4.98 Å². The van der Waals surface area contributed by atoms with Crippen LogP contribution in [0.1, 0.15) is 29.9 Å². The van der Waals surface area contributed by atoms with Gasteiger partial charge in [-0.05, 0) is 55.4 Å². The molecule has 1 fully saturated rings. The number of nitrogens with zero attached hydrogens (tertiary/aromatic N) is 6. The lowest BCUT2D eigenvalue weighted by molar-refractivity contribution is 0.316. The summed E-state index contributed by atoms with van der Waals surface area (Å²) in [6, 6.07) is 15.8. The van der Waals surface area contributed by atoms with Crippen molar-refractivity contribution in [3.05, 3.63) is 64.6 Å². The minimum Gasteiger partial charge on any atom is -0.300 e. The van der Waals surface area contributed by atoms with Crippen LogP contribution in [-0.4, -0.2) is 37.7 Å². The van der Waals surface area contributed by atoms with E-state index in [9.17, 15) is 5.26 Å². The fraction of sp³-hybridized carbons (Fsp3) is 0.300. The standard InChI is InChI=1S/C20H19ClN6S/c21-16-8-9-19(23-17(16)12-22)28-20-25-24-18(14-26-10-4-5-11-26)27(20)13-15-6-2-1-3-7-15/h1-3,6-9H,4-5,10-11,13-14H2. The minimum absolute atomic E-state index is 0.220. The Morgan fingerprint density at radius 3 is 2.57 bits per heavy atom. The first-order valence-electron chi connectivity index (χ1n) is 9.16. The molecule has 1 saturated heterocycles. The van der Waals surface area contributed by atoms with Crippen LogP contribution in [0.2, 0.25) is 5.02 Å². The Hall–Kier alpha value is -2.40. The molecule has 0 N–H and O–H groups in total. The minimum atomic E-state index is 0.220. The van der Waals surface area contributed by atoms with Gasteiger partial charge >= 0.3 is 0 Å². The number of nitriles is 1. The highest BCUT2D eigenvalue weighted by Crippen LogP contribution is 2.28. The predicted molar refractivity (Wildman–Crippen MR) is 108 cm³/mol. The first kappa shape index (κ1) is 18.9. The van der Waals surface area contributed by atoms with Gasteiger partial charge in [-0.1, -0.05) is 41.9 Å². The number of rotatable bonds is 6. The summed E-state index contributed by atoms with van der Waals surface area (Å²) in [5.74, 6) is 0.947. The van der Waals surface area contributed by atoms with Crippen molar-refractivity contribution in [2.75, 3.05) is 13.1 Å². The number of halogens is 1. The van der Waals surface area contributed by atoms with E-state index >= 15 is 0 Å². The van der Waals surface area contributed by atoms with Crippen molar-refractivity contribution in [1.82, 2.24) is 24.6 Å². The summed E-state index contributed by atoms with van der Waals surface area (Å²) < 4.78 is 2.14. The summed E-state index contributed by atoms with van der Waals surface area (Å²) >= 11 is 7.40. The topological polar surface area (TPSA) is 70.6 Å². The molecule has 2 aromatic heterocycles. The van der Waals surface area contributed by atoms with E-state index in [1.807, 2.05) is 24.3 Å². The van der Waals surface area contributed by atoms with Crippen LogP contribution in [0.5, 0.6) is 0 Å². The van der Waals surface area contributed by atoms with Gasteiger partial charge in [0.05, 0.1) is 18.1 Å². The largest absolute Gasteiger partial charge is 0.300 e. The van der Waals surface area contributed by atoms with Crippen molar-refractivity contribution < 1.29 is 0 Å². The molecule has 1 aliphatic heterocycles. The summed E-state index contributed by atoms with van der Waals surface area (Å²) in [7, 11) is 0. The lowest BCUT2D eigenvalue weighted by atomic mass is 10.2. The van der Waals surface area contributed by atoms with E-state index in [1.165, 1.54) is 30.2 Å². The first-order valence-corrected chi connectivity index (χ1v) is 10.4. The van der Waals surface area contributed by atoms with Crippen molar-refractivity contribution in [3.63, 3.8) is 0 Å². The lowest BCUT2D eigenvalue weighted by Crippen LogP contribution is -2.21. The summed E-state index contributed by atoms with van der Waals surface area (Å²) in [4.78, 5) is 6.74. The van der Waals surface area contributed by atoms with E-state index in [2.05, 4.69) is 36.8 Å². The van der Waals surface area contributed by atoms with Gasteiger partial charge in [-0.15, -0.1) is 10.2 Å². The molecular weight excluding hydrogens is 392 g/mol. The molecule has 0 atom stereocenters. The molecule has 4 rings (SSSR count). The van der Waals surface area contributed by atoms with Gasteiger partial charge in [0.2, 0.25) is 0 Å². The molecule has 0 amide bonds. The number of hydrogen-bond acceptors (Lipinski definition) is 6. The summed E-state index contributed by atoms with van der Waals surface area (Å²) in [5.41, 5.74) is 1.41. The Kier molecular flexibility index (Phi) is 5.91. The molecular formula is C20H19ClN6S. The molecule has 28 heavy (non-hydrogen) atoms. The Balaban J connectivity index is 1.64. The SMILES string of the molecule is N#Cc1nc(Sc2nnc(CN3CCCC3)n2Cc2ccccc2)ccc1Cl. The van der Waals surface area contributed by atoms with Crippen LogP contribution in [-0.2, 0) is 13.1 Å². The third-order valence-electron chi connectivity index (χ3n) is 4.66. The second kappa shape index (κ2) is 8.74. The molecule has 6 nitrogen and oxygen atoms in total. The van der Waals surface area contributed by atoms with Crippen LogP contribution in [0.3, 0.4) is 0 Å². The predicted octanol–water partition coefficient (Wildman–Crippen LogP) is 3.99. The Morgan fingerprint density at radius 2 is 1.82 bits per heavy atom. The number of benzene rings is 1. The molecule has 8 heteroatoms. The average Bonchev–Trinajstić information content (AvgIpc) is 3.36. The zero-order valence-corrected chi connectivity index (χ0v) is 16.8. The molecule has 3 heterocycles. The molecule has 0 saturated carbocycles. The van der Waals surface area contributed by atoms with Crippen molar-refractivity contribution in [2.24, 2.45) is 0 Å². The van der Waals surface area contributed by atoms with Crippen LogP contribution >= 0.6 is 23.4 Å². The van der Waals surface area contributed by atoms with E-state index in [-0.39, 0.29) is 5.69 Å². The van der Waals surface area contributed by atoms with Gasteiger partial charge in [-0.2, -0.15) is 5.26 Å². The van der Waals surface area contributed by atoms with E-state index < -0.39 is 0 Å². The molecule has 3 aromatic rings. The van der Waals surface area contributed by atoms with Crippen molar-refractivity contribution in [2.45, 2.75) is 36.1 Å². The van der Waals surface area contributed by atoms with Gasteiger partial charge < -0.3 is 4.57 Å². The highest BCUT2D eigenvalue weighted by molar-refractivity contribution is 7.99. The average molecular weight is 411 g/mol. The Morgan fingerprint density at radius 1 is 1.04 bits per heavy atom. The summed E-state index contributed by atoms with van der Waals surface area (Å²) in [6.07, 6.45) is 2.47. The molecule has 0 spiro atoms. The van der Waals surface area contributed by atoms with Crippen LogP contribution < -0.4 is 0 Å². The Labute approximate surface area is 173 Å². The number of likely N-dealkylation sites (tertiary alicyclic amines) is 1. The molecule has 142 valence electrons. The van der Waals surface area contributed by atoms with Crippen LogP contribution in [0.4, 0.5) is 0 Å². The van der Waals surface area contributed by atoms with Crippen LogP contribution in [0.15, 0.2) is 52.6 Å². The van der Waals surface area contributed by atoms with Gasteiger partial charge in [-0.3, -0.25) is 4.90 Å². The van der Waals surface area contributed by atoms with E-state index in [1.54, 1.807) is 12.1 Å². The fourth-order valence-corrected chi connectivity index (χ4v) is 4.20. The maximum Gasteiger partial charge on any atom is 0.197 e. The molecule has 0 radical (unpaired) electrons. The number of aromatic nitrogens is 4. The van der Waals surface area contributed by atoms with Crippen LogP contribution in [0, 0.1) is 11.3 Å². The first-order chi connectivity index (χ1) is 13.7. The third-order valence-corrected chi connectivity index (χ3v) is 5.89. The maximum atomic E-state index is 9.18. The van der Waals surface area contributed by atoms with Crippen LogP contribution in [0.25, 0.3) is 0 Å². The molecule has 1 aliphatic rings. The van der Waals surface area contributed by atoms with Gasteiger partial charge in [0.15, 0.2) is 10.9 Å². The van der Waals surface area contributed by atoms with Gasteiger partial charge in [0.25, 0.3) is 0 Å². The molecule has 0 unspecified atom stereocenters.